The third-order valence-electron chi connectivity index (χ3n) is 6.38. The minimum atomic E-state index is -1.03. The first-order valence-electron chi connectivity index (χ1n) is 14.7. The molecule has 0 aromatic heterocycles. The second-order valence-electron chi connectivity index (χ2n) is 10.4. The van der Waals surface area contributed by atoms with E-state index in [1.54, 1.807) is 38.1 Å². The van der Waals surface area contributed by atoms with Gasteiger partial charge in [0.2, 0.25) is 24.6 Å². The van der Waals surface area contributed by atoms with Crippen molar-refractivity contribution in [3.05, 3.63) is 71.8 Å². The Morgan fingerprint density at radius 3 is 1.30 bits per heavy atom. The van der Waals surface area contributed by atoms with Gasteiger partial charge in [0.05, 0.1) is 25.4 Å². The van der Waals surface area contributed by atoms with Gasteiger partial charge in [0.15, 0.2) is 12.2 Å². The van der Waals surface area contributed by atoms with Crippen LogP contribution in [0, 0.1) is 0 Å². The zero-order chi connectivity index (χ0) is 32.2. The number of hydrogen-bond donors (Lipinski definition) is 2. The lowest BCUT2D eigenvalue weighted by Gasteiger charge is -2.35. The van der Waals surface area contributed by atoms with Crippen molar-refractivity contribution < 1.29 is 47.6 Å². The first kappa shape index (κ1) is 34.6. The molecule has 0 unspecified atom stereocenters. The second kappa shape index (κ2) is 16.9. The normalized spacial score (nSPS) is 24.9. The largest absolute Gasteiger partial charge is 0.464 e. The number of benzene rings is 2. The van der Waals surface area contributed by atoms with Crippen LogP contribution >= 0.6 is 0 Å². The molecule has 0 aliphatic carbocycles. The SMILES string of the molecule is CCOC(=O)[C@H]1O[C@@H](OC(C)C)NC(=O)[C@H]1c1ccccc1.CCOC(=O)[C@H]1O[C@@H](OC(C)C)NC(=O)[C@H]1c1ccccc1. The Hall–Kier alpha value is -3.84. The molecule has 2 fully saturated rings. The lowest BCUT2D eigenvalue weighted by molar-refractivity contribution is -0.231. The van der Waals surface area contributed by atoms with Crippen LogP contribution in [-0.4, -0.2) is 74.2 Å². The van der Waals surface area contributed by atoms with E-state index in [9.17, 15) is 19.2 Å². The van der Waals surface area contributed by atoms with Gasteiger partial charge in [0.25, 0.3) is 0 Å². The van der Waals surface area contributed by atoms with Gasteiger partial charge in [-0.25, -0.2) is 9.59 Å². The van der Waals surface area contributed by atoms with Crippen LogP contribution in [0.1, 0.15) is 64.5 Å². The highest BCUT2D eigenvalue weighted by molar-refractivity contribution is 5.92. The Labute approximate surface area is 257 Å². The maximum Gasteiger partial charge on any atom is 0.336 e. The number of rotatable bonds is 10. The fraction of sp³-hybridized carbons (Fsp3) is 0.500. The van der Waals surface area contributed by atoms with Crippen molar-refractivity contribution in [2.75, 3.05) is 13.2 Å². The van der Waals surface area contributed by atoms with Crippen molar-refractivity contribution in [3.8, 4) is 0 Å². The molecular formula is C32H42N2O10. The molecule has 0 radical (unpaired) electrons. The van der Waals surface area contributed by atoms with E-state index in [1.807, 2.05) is 64.1 Å². The van der Waals surface area contributed by atoms with Crippen LogP contribution in [0.4, 0.5) is 0 Å². The number of nitrogens with one attached hydrogen (secondary N) is 2. The van der Waals surface area contributed by atoms with Crippen LogP contribution in [0.2, 0.25) is 0 Å². The van der Waals surface area contributed by atoms with Crippen LogP contribution in [0.15, 0.2) is 60.7 Å². The zero-order valence-corrected chi connectivity index (χ0v) is 25.9. The van der Waals surface area contributed by atoms with Gasteiger partial charge < -0.3 is 39.1 Å². The smallest absolute Gasteiger partial charge is 0.336 e. The summed E-state index contributed by atoms with van der Waals surface area (Å²) >= 11 is 0. The molecule has 12 heteroatoms. The number of carbonyl (C=O) groups is 4. The monoisotopic (exact) mass is 614 g/mol. The number of esters is 2. The van der Waals surface area contributed by atoms with Crippen LogP contribution in [0.5, 0.6) is 0 Å². The molecule has 2 aliphatic rings. The predicted molar refractivity (Wildman–Crippen MR) is 158 cm³/mol. The van der Waals surface area contributed by atoms with Gasteiger partial charge in [-0.1, -0.05) is 60.7 Å². The third-order valence-corrected chi connectivity index (χ3v) is 6.38. The van der Waals surface area contributed by atoms with E-state index in [0.29, 0.717) is 11.1 Å². The summed E-state index contributed by atoms with van der Waals surface area (Å²) in [5.41, 5.74) is 1.39. The Morgan fingerprint density at radius 2 is 1.00 bits per heavy atom. The summed E-state index contributed by atoms with van der Waals surface area (Å²) in [7, 11) is 0. The molecule has 0 saturated carbocycles. The molecule has 0 spiro atoms. The highest BCUT2D eigenvalue weighted by Crippen LogP contribution is 2.29. The Bertz CT molecular complexity index is 1130. The molecule has 2 heterocycles. The predicted octanol–water partition coefficient (Wildman–Crippen LogP) is 3.11. The van der Waals surface area contributed by atoms with E-state index >= 15 is 0 Å². The molecule has 0 bridgehead atoms. The summed E-state index contributed by atoms with van der Waals surface area (Å²) in [6, 6.07) is 18.0. The van der Waals surface area contributed by atoms with Crippen molar-refractivity contribution in [1.82, 2.24) is 10.6 Å². The average Bonchev–Trinajstić information content (AvgIpc) is 2.97. The maximum atomic E-state index is 12.4. The molecule has 2 aliphatic heterocycles. The summed E-state index contributed by atoms with van der Waals surface area (Å²) < 4.78 is 32.2. The van der Waals surface area contributed by atoms with Crippen LogP contribution in [0.25, 0.3) is 0 Å². The van der Waals surface area contributed by atoms with Crippen LogP contribution in [-0.2, 0) is 47.6 Å². The first-order chi connectivity index (χ1) is 21.0. The molecule has 2 N–H and O–H groups in total. The van der Waals surface area contributed by atoms with Gasteiger partial charge in [-0.05, 0) is 52.7 Å². The topological polar surface area (TPSA) is 148 Å². The van der Waals surface area contributed by atoms with E-state index in [0.717, 1.165) is 0 Å². The van der Waals surface area contributed by atoms with Gasteiger partial charge in [0.1, 0.15) is 11.8 Å². The van der Waals surface area contributed by atoms with E-state index in [4.69, 9.17) is 28.4 Å². The Morgan fingerprint density at radius 1 is 0.659 bits per heavy atom. The maximum absolute atomic E-state index is 12.4. The van der Waals surface area contributed by atoms with Crippen molar-refractivity contribution in [3.63, 3.8) is 0 Å². The molecule has 2 saturated heterocycles. The average molecular weight is 615 g/mol. The standard InChI is InChI=1S/2C16H21NO5/c2*1-4-20-15(19)13-12(11-8-6-5-7-9-11)14(18)17-16(22-13)21-10(2)3/h2*5-10,12-13,16H,4H2,1-3H3,(H,17,18)/t2*12-,13-,16+/m00/s1. The summed E-state index contributed by atoms with van der Waals surface area (Å²) in [6.45, 7) is 11.1. The molecule has 44 heavy (non-hydrogen) atoms. The van der Waals surface area contributed by atoms with Crippen LogP contribution in [0.3, 0.4) is 0 Å². The van der Waals surface area contributed by atoms with Crippen LogP contribution < -0.4 is 10.6 Å². The van der Waals surface area contributed by atoms with Crippen molar-refractivity contribution >= 4 is 23.8 Å². The fourth-order valence-corrected chi connectivity index (χ4v) is 4.61. The molecule has 6 atom stereocenters. The summed E-state index contributed by atoms with van der Waals surface area (Å²) in [6.07, 6.45) is -4.27. The number of amides is 2. The molecule has 12 nitrogen and oxygen atoms in total. The molecular weight excluding hydrogens is 572 g/mol. The van der Waals surface area contributed by atoms with E-state index in [-0.39, 0.29) is 37.2 Å². The van der Waals surface area contributed by atoms with E-state index in [1.165, 1.54) is 0 Å². The molecule has 240 valence electrons. The lowest BCUT2D eigenvalue weighted by atomic mass is 9.91. The van der Waals surface area contributed by atoms with Gasteiger partial charge in [-0.15, -0.1) is 0 Å². The first-order valence-corrected chi connectivity index (χ1v) is 14.7. The van der Waals surface area contributed by atoms with Gasteiger partial charge >= 0.3 is 11.9 Å². The number of carbonyl (C=O) groups excluding carboxylic acids is 4. The van der Waals surface area contributed by atoms with E-state index in [2.05, 4.69) is 10.6 Å². The molecule has 4 rings (SSSR count). The quantitative estimate of drug-likeness (QED) is 0.383. The molecule has 2 amide bonds. The third kappa shape index (κ3) is 9.58. The molecule has 2 aromatic carbocycles. The summed E-state index contributed by atoms with van der Waals surface area (Å²) in [5.74, 6) is -3.28. The Kier molecular flexibility index (Phi) is 13.3. The number of hydrogen-bond acceptors (Lipinski definition) is 10. The van der Waals surface area contributed by atoms with Gasteiger partial charge in [0, 0.05) is 0 Å². The van der Waals surface area contributed by atoms with Gasteiger partial charge in [-0.2, -0.15) is 0 Å². The zero-order valence-electron chi connectivity index (χ0n) is 25.9. The van der Waals surface area contributed by atoms with E-state index < -0.39 is 48.8 Å². The van der Waals surface area contributed by atoms with Crippen molar-refractivity contribution in [2.45, 2.75) is 90.6 Å². The summed E-state index contributed by atoms with van der Waals surface area (Å²) in [5, 5.41) is 5.26. The minimum Gasteiger partial charge on any atom is -0.464 e. The highest BCUT2D eigenvalue weighted by atomic mass is 16.7. The Balaban J connectivity index is 0.000000240. The lowest BCUT2D eigenvalue weighted by Crippen LogP contribution is -2.55. The number of ether oxygens (including phenoxy) is 6. The molecule has 2 aromatic rings. The summed E-state index contributed by atoms with van der Waals surface area (Å²) in [4.78, 5) is 49.2. The van der Waals surface area contributed by atoms with Crippen molar-refractivity contribution in [1.29, 1.82) is 0 Å². The minimum absolute atomic E-state index is 0.151. The van der Waals surface area contributed by atoms with Gasteiger partial charge in [-0.3, -0.25) is 9.59 Å². The highest BCUT2D eigenvalue weighted by Gasteiger charge is 2.45. The fourth-order valence-electron chi connectivity index (χ4n) is 4.61. The van der Waals surface area contributed by atoms with Crippen molar-refractivity contribution in [2.24, 2.45) is 0 Å². The second-order valence-corrected chi connectivity index (χ2v) is 10.4.